The maximum atomic E-state index is 12.1. The quantitative estimate of drug-likeness (QED) is 0.886. The van der Waals surface area contributed by atoms with Gasteiger partial charge < -0.3 is 15.3 Å². The maximum absolute atomic E-state index is 12.1. The van der Waals surface area contributed by atoms with Crippen molar-refractivity contribution in [2.75, 3.05) is 18.9 Å². The second-order valence-corrected chi connectivity index (χ2v) is 6.05. The molecule has 2 aliphatic carbocycles. The van der Waals surface area contributed by atoms with Crippen LogP contribution in [-0.2, 0) is 12.8 Å². The number of carbonyl (C=O) groups excluding carboxylic acids is 1. The molecule has 3 rings (SSSR count). The first-order valence-electron chi connectivity index (χ1n) is 7.45. The Labute approximate surface area is 119 Å². The third-order valence-corrected chi connectivity index (χ3v) is 4.32. The van der Waals surface area contributed by atoms with Gasteiger partial charge in [0.25, 0.3) is 0 Å². The topological polar surface area (TPSA) is 52.6 Å². The maximum Gasteiger partial charge on any atom is 0.321 e. The molecule has 0 bridgehead atoms. The SMILES string of the molecule is CN(CC(O)C1CC1)C(=O)Nc1ccc2c(c1)CCC2. The lowest BCUT2D eigenvalue weighted by Crippen LogP contribution is -2.38. The largest absolute Gasteiger partial charge is 0.391 e. The molecule has 1 saturated carbocycles. The molecule has 1 aromatic rings. The number of benzene rings is 1. The minimum Gasteiger partial charge on any atom is -0.391 e. The molecule has 0 saturated heterocycles. The molecule has 1 atom stereocenters. The van der Waals surface area contributed by atoms with E-state index < -0.39 is 0 Å². The van der Waals surface area contributed by atoms with E-state index in [1.807, 2.05) is 6.07 Å². The van der Waals surface area contributed by atoms with Crippen LogP contribution in [0.5, 0.6) is 0 Å². The summed E-state index contributed by atoms with van der Waals surface area (Å²) in [5.41, 5.74) is 3.60. The molecule has 2 N–H and O–H groups in total. The minimum absolute atomic E-state index is 0.150. The molecule has 108 valence electrons. The lowest BCUT2D eigenvalue weighted by Gasteiger charge is -2.21. The molecular formula is C16H22N2O2. The number of aliphatic hydroxyl groups is 1. The number of aryl methyl sites for hydroxylation is 2. The molecule has 0 radical (unpaired) electrons. The summed E-state index contributed by atoms with van der Waals surface area (Å²) < 4.78 is 0. The van der Waals surface area contributed by atoms with Crippen molar-refractivity contribution in [3.05, 3.63) is 29.3 Å². The Kier molecular flexibility index (Phi) is 3.66. The van der Waals surface area contributed by atoms with E-state index in [1.54, 1.807) is 11.9 Å². The van der Waals surface area contributed by atoms with Gasteiger partial charge in [-0.3, -0.25) is 0 Å². The predicted octanol–water partition coefficient (Wildman–Crippen LogP) is 2.41. The van der Waals surface area contributed by atoms with Crippen molar-refractivity contribution in [2.45, 2.75) is 38.2 Å². The van der Waals surface area contributed by atoms with E-state index in [9.17, 15) is 9.90 Å². The van der Waals surface area contributed by atoms with Crippen molar-refractivity contribution in [1.29, 1.82) is 0 Å². The first-order chi connectivity index (χ1) is 9.63. The Morgan fingerprint density at radius 2 is 2.15 bits per heavy atom. The van der Waals surface area contributed by atoms with Gasteiger partial charge in [0.15, 0.2) is 0 Å². The van der Waals surface area contributed by atoms with Crippen molar-refractivity contribution in [2.24, 2.45) is 5.92 Å². The van der Waals surface area contributed by atoms with E-state index in [4.69, 9.17) is 0 Å². The highest BCUT2D eigenvalue weighted by Crippen LogP contribution is 2.32. The summed E-state index contributed by atoms with van der Waals surface area (Å²) in [6.07, 6.45) is 5.25. The van der Waals surface area contributed by atoms with Gasteiger partial charge in [-0.2, -0.15) is 0 Å². The molecule has 2 aliphatic rings. The van der Waals surface area contributed by atoms with Crippen LogP contribution in [0.1, 0.15) is 30.4 Å². The minimum atomic E-state index is -0.384. The monoisotopic (exact) mass is 274 g/mol. The van der Waals surface area contributed by atoms with Gasteiger partial charge in [-0.1, -0.05) is 6.07 Å². The fourth-order valence-corrected chi connectivity index (χ4v) is 2.86. The summed E-state index contributed by atoms with van der Waals surface area (Å²) in [5.74, 6) is 0.394. The summed E-state index contributed by atoms with van der Waals surface area (Å²) in [4.78, 5) is 13.7. The van der Waals surface area contributed by atoms with E-state index in [0.717, 1.165) is 31.4 Å². The third-order valence-electron chi connectivity index (χ3n) is 4.32. The van der Waals surface area contributed by atoms with Gasteiger partial charge in [-0.15, -0.1) is 0 Å². The van der Waals surface area contributed by atoms with E-state index in [0.29, 0.717) is 12.5 Å². The third kappa shape index (κ3) is 2.96. The second kappa shape index (κ2) is 5.44. The molecule has 0 aliphatic heterocycles. The van der Waals surface area contributed by atoms with Gasteiger partial charge in [0, 0.05) is 19.3 Å². The van der Waals surface area contributed by atoms with Gasteiger partial charge in [0.2, 0.25) is 0 Å². The lowest BCUT2D eigenvalue weighted by atomic mass is 10.1. The van der Waals surface area contributed by atoms with Crippen LogP contribution in [0.3, 0.4) is 0 Å². The van der Waals surface area contributed by atoms with Crippen LogP contribution in [0.2, 0.25) is 0 Å². The number of carbonyl (C=O) groups is 1. The van der Waals surface area contributed by atoms with E-state index >= 15 is 0 Å². The van der Waals surface area contributed by atoms with Crippen LogP contribution >= 0.6 is 0 Å². The number of nitrogens with zero attached hydrogens (tertiary/aromatic N) is 1. The summed E-state index contributed by atoms with van der Waals surface area (Å²) in [6.45, 7) is 0.404. The summed E-state index contributed by atoms with van der Waals surface area (Å²) in [7, 11) is 1.73. The number of hydrogen-bond acceptors (Lipinski definition) is 2. The molecule has 0 spiro atoms. The van der Waals surface area contributed by atoms with Gasteiger partial charge >= 0.3 is 6.03 Å². The standard InChI is InChI=1S/C16H22N2O2/c1-18(10-15(19)12-5-6-12)16(20)17-14-8-7-11-3-2-4-13(11)9-14/h7-9,12,15,19H,2-6,10H2,1H3,(H,17,20). The number of hydrogen-bond donors (Lipinski definition) is 2. The number of likely N-dealkylation sites (N-methyl/N-ethyl adjacent to an activating group) is 1. The van der Waals surface area contributed by atoms with Crippen molar-refractivity contribution in [3.63, 3.8) is 0 Å². The molecule has 0 heterocycles. The number of amides is 2. The van der Waals surface area contributed by atoms with Crippen LogP contribution in [-0.4, -0.2) is 35.7 Å². The Hall–Kier alpha value is -1.55. The Morgan fingerprint density at radius 1 is 1.40 bits per heavy atom. The first-order valence-corrected chi connectivity index (χ1v) is 7.45. The molecular weight excluding hydrogens is 252 g/mol. The normalized spacial score (nSPS) is 18.5. The number of rotatable bonds is 4. The molecule has 1 aromatic carbocycles. The van der Waals surface area contributed by atoms with Crippen LogP contribution in [0.4, 0.5) is 10.5 Å². The first kappa shape index (κ1) is 13.4. The fraction of sp³-hybridized carbons (Fsp3) is 0.562. The highest BCUT2D eigenvalue weighted by molar-refractivity contribution is 5.89. The molecule has 1 fully saturated rings. The van der Waals surface area contributed by atoms with E-state index in [2.05, 4.69) is 17.4 Å². The van der Waals surface area contributed by atoms with Crippen molar-refractivity contribution in [1.82, 2.24) is 4.90 Å². The van der Waals surface area contributed by atoms with Crippen LogP contribution < -0.4 is 5.32 Å². The zero-order valence-electron chi connectivity index (χ0n) is 11.9. The van der Waals surface area contributed by atoms with Crippen LogP contribution in [0, 0.1) is 5.92 Å². The number of nitrogens with one attached hydrogen (secondary N) is 1. The fourth-order valence-electron chi connectivity index (χ4n) is 2.86. The highest BCUT2D eigenvalue weighted by Gasteiger charge is 2.31. The average molecular weight is 274 g/mol. The summed E-state index contributed by atoms with van der Waals surface area (Å²) in [5, 5.41) is 12.8. The number of fused-ring (bicyclic) bond motifs is 1. The summed E-state index contributed by atoms with van der Waals surface area (Å²) in [6, 6.07) is 6.00. The Balaban J connectivity index is 1.57. The van der Waals surface area contributed by atoms with Crippen molar-refractivity contribution >= 4 is 11.7 Å². The summed E-state index contributed by atoms with van der Waals surface area (Å²) >= 11 is 0. The zero-order valence-corrected chi connectivity index (χ0v) is 11.9. The van der Waals surface area contributed by atoms with E-state index in [-0.39, 0.29) is 12.1 Å². The predicted molar refractivity (Wildman–Crippen MR) is 78.8 cm³/mol. The molecule has 20 heavy (non-hydrogen) atoms. The molecule has 2 amide bonds. The number of anilines is 1. The van der Waals surface area contributed by atoms with Gasteiger partial charge in [0.1, 0.15) is 0 Å². The van der Waals surface area contributed by atoms with Crippen molar-refractivity contribution < 1.29 is 9.90 Å². The second-order valence-electron chi connectivity index (χ2n) is 6.05. The molecule has 0 aromatic heterocycles. The lowest BCUT2D eigenvalue weighted by molar-refractivity contribution is 0.117. The van der Waals surface area contributed by atoms with Crippen LogP contribution in [0.25, 0.3) is 0 Å². The number of urea groups is 1. The highest BCUT2D eigenvalue weighted by atomic mass is 16.3. The van der Waals surface area contributed by atoms with Crippen molar-refractivity contribution in [3.8, 4) is 0 Å². The Morgan fingerprint density at radius 3 is 2.90 bits per heavy atom. The smallest absolute Gasteiger partial charge is 0.321 e. The van der Waals surface area contributed by atoms with Gasteiger partial charge in [-0.05, 0) is 61.3 Å². The molecule has 4 nitrogen and oxygen atoms in total. The van der Waals surface area contributed by atoms with Crippen LogP contribution in [0.15, 0.2) is 18.2 Å². The van der Waals surface area contributed by atoms with E-state index in [1.165, 1.54) is 17.5 Å². The number of aliphatic hydroxyl groups excluding tert-OH is 1. The van der Waals surface area contributed by atoms with Gasteiger partial charge in [0.05, 0.1) is 6.10 Å². The average Bonchev–Trinajstić information content (AvgIpc) is 3.17. The molecule has 4 heteroatoms. The molecule has 1 unspecified atom stereocenters. The zero-order chi connectivity index (χ0) is 14.1. The Bertz CT molecular complexity index is 511. The van der Waals surface area contributed by atoms with Gasteiger partial charge in [-0.25, -0.2) is 4.79 Å².